The Hall–Kier alpha value is -3.39. The molecule has 8 nitrogen and oxygen atoms in total. The molecule has 0 aromatic heterocycles. The minimum absolute atomic E-state index is 0.00470. The van der Waals surface area contributed by atoms with Gasteiger partial charge in [-0.05, 0) is 44.2 Å². The summed E-state index contributed by atoms with van der Waals surface area (Å²) < 4.78 is 0. The summed E-state index contributed by atoms with van der Waals surface area (Å²) in [5.74, 6) is -1.35. The molecule has 0 atom stereocenters. The van der Waals surface area contributed by atoms with Crippen LogP contribution in [0.1, 0.15) is 34.6 Å². The minimum Gasteiger partial charge on any atom is -0.478 e. The van der Waals surface area contributed by atoms with Crippen LogP contribution in [-0.2, 0) is 4.79 Å². The average Bonchev–Trinajstić information content (AvgIpc) is 2.74. The lowest BCUT2D eigenvalue weighted by Gasteiger charge is -2.36. The molecular formula is C23H28N4O4. The van der Waals surface area contributed by atoms with E-state index in [9.17, 15) is 19.5 Å². The number of piperazine rings is 1. The number of carboxylic acid groups (broad SMARTS) is 1. The molecule has 0 saturated carbocycles. The van der Waals surface area contributed by atoms with Gasteiger partial charge in [0.25, 0.3) is 5.91 Å². The van der Waals surface area contributed by atoms with E-state index in [0.29, 0.717) is 44.0 Å². The molecule has 1 saturated heterocycles. The number of rotatable bonds is 7. The zero-order chi connectivity index (χ0) is 22.4. The van der Waals surface area contributed by atoms with E-state index in [-0.39, 0.29) is 23.4 Å². The van der Waals surface area contributed by atoms with Gasteiger partial charge >= 0.3 is 5.97 Å². The Morgan fingerprint density at radius 1 is 0.968 bits per heavy atom. The smallest absolute Gasteiger partial charge is 0.335 e. The van der Waals surface area contributed by atoms with E-state index >= 15 is 0 Å². The van der Waals surface area contributed by atoms with E-state index in [0.717, 1.165) is 5.69 Å². The quantitative estimate of drug-likeness (QED) is 0.630. The second-order valence-electron chi connectivity index (χ2n) is 7.84. The summed E-state index contributed by atoms with van der Waals surface area (Å²) in [5.41, 5.74) is 1.83. The molecule has 164 valence electrons. The van der Waals surface area contributed by atoms with Crippen LogP contribution in [0.15, 0.2) is 48.5 Å². The van der Waals surface area contributed by atoms with E-state index in [2.05, 4.69) is 20.4 Å². The molecule has 1 aliphatic rings. The summed E-state index contributed by atoms with van der Waals surface area (Å²) >= 11 is 0. The van der Waals surface area contributed by atoms with Crippen LogP contribution in [-0.4, -0.2) is 66.6 Å². The van der Waals surface area contributed by atoms with E-state index in [1.54, 1.807) is 30.3 Å². The maximum absolute atomic E-state index is 12.7. The molecule has 1 aliphatic heterocycles. The molecule has 8 heteroatoms. The highest BCUT2D eigenvalue weighted by molar-refractivity contribution is 6.06. The normalized spacial score (nSPS) is 14.4. The maximum Gasteiger partial charge on any atom is 0.335 e. The zero-order valence-corrected chi connectivity index (χ0v) is 17.8. The van der Waals surface area contributed by atoms with Crippen molar-refractivity contribution in [3.05, 3.63) is 59.7 Å². The first-order valence-electron chi connectivity index (χ1n) is 10.3. The van der Waals surface area contributed by atoms with Crippen molar-refractivity contribution in [2.24, 2.45) is 0 Å². The van der Waals surface area contributed by atoms with E-state index in [1.807, 2.05) is 19.9 Å². The van der Waals surface area contributed by atoms with Crippen molar-refractivity contribution >= 4 is 29.2 Å². The van der Waals surface area contributed by atoms with Crippen molar-refractivity contribution in [3.8, 4) is 0 Å². The van der Waals surface area contributed by atoms with Gasteiger partial charge in [-0.2, -0.15) is 0 Å². The largest absolute Gasteiger partial charge is 0.478 e. The van der Waals surface area contributed by atoms with Crippen molar-refractivity contribution in [2.45, 2.75) is 19.9 Å². The van der Waals surface area contributed by atoms with Crippen molar-refractivity contribution in [1.82, 2.24) is 10.2 Å². The number of carboxylic acids is 1. The molecule has 3 N–H and O–H groups in total. The first-order chi connectivity index (χ1) is 14.8. The summed E-state index contributed by atoms with van der Waals surface area (Å²) in [6.45, 7) is 6.92. The number of benzene rings is 2. The summed E-state index contributed by atoms with van der Waals surface area (Å²) in [6, 6.07) is 13.7. The van der Waals surface area contributed by atoms with Gasteiger partial charge < -0.3 is 20.6 Å². The molecule has 0 aliphatic carbocycles. The average molecular weight is 425 g/mol. The third-order valence-electron chi connectivity index (χ3n) is 5.06. The summed E-state index contributed by atoms with van der Waals surface area (Å²) in [5, 5.41) is 15.1. The van der Waals surface area contributed by atoms with Gasteiger partial charge in [0, 0.05) is 37.8 Å². The summed E-state index contributed by atoms with van der Waals surface area (Å²) in [4.78, 5) is 40.3. The topological polar surface area (TPSA) is 102 Å². The van der Waals surface area contributed by atoms with Gasteiger partial charge in [0.2, 0.25) is 5.91 Å². The fourth-order valence-electron chi connectivity index (χ4n) is 3.55. The highest BCUT2D eigenvalue weighted by Crippen LogP contribution is 2.29. The van der Waals surface area contributed by atoms with Gasteiger partial charge in [0.05, 0.1) is 23.5 Å². The number of aromatic carboxylic acids is 1. The van der Waals surface area contributed by atoms with Crippen molar-refractivity contribution in [3.63, 3.8) is 0 Å². The Kier molecular flexibility index (Phi) is 7.25. The zero-order valence-electron chi connectivity index (χ0n) is 17.8. The van der Waals surface area contributed by atoms with Crippen LogP contribution in [0.4, 0.5) is 11.4 Å². The Bertz CT molecular complexity index is 938. The van der Waals surface area contributed by atoms with Crippen molar-refractivity contribution in [1.29, 1.82) is 0 Å². The number of carbonyl (C=O) groups is 3. The highest BCUT2D eigenvalue weighted by Gasteiger charge is 2.22. The van der Waals surface area contributed by atoms with Gasteiger partial charge in [-0.15, -0.1) is 0 Å². The van der Waals surface area contributed by atoms with Crippen LogP contribution in [0, 0.1) is 0 Å². The fourth-order valence-corrected chi connectivity index (χ4v) is 3.55. The maximum atomic E-state index is 12.7. The summed E-state index contributed by atoms with van der Waals surface area (Å²) in [7, 11) is 0. The van der Waals surface area contributed by atoms with Crippen molar-refractivity contribution < 1.29 is 19.5 Å². The first kappa shape index (κ1) is 22.3. The fraction of sp³-hybridized carbons (Fsp3) is 0.348. The van der Waals surface area contributed by atoms with Crippen LogP contribution in [0.2, 0.25) is 0 Å². The predicted octanol–water partition coefficient (Wildman–Crippen LogP) is 2.28. The predicted molar refractivity (Wildman–Crippen MR) is 120 cm³/mol. The molecule has 0 radical (unpaired) electrons. The van der Waals surface area contributed by atoms with Gasteiger partial charge in [0.1, 0.15) is 0 Å². The van der Waals surface area contributed by atoms with Crippen LogP contribution >= 0.6 is 0 Å². The Morgan fingerprint density at radius 2 is 1.65 bits per heavy atom. The van der Waals surface area contributed by atoms with Crippen LogP contribution in [0.3, 0.4) is 0 Å². The minimum atomic E-state index is -1.05. The number of hydrogen-bond acceptors (Lipinski definition) is 5. The molecule has 0 unspecified atom stereocenters. The second-order valence-corrected chi connectivity index (χ2v) is 7.84. The SMILES string of the molecule is CC(C)NC(=O)CN1CCN(c2ccc(C(=O)O)cc2NC(=O)c2ccccc2)CC1. The highest BCUT2D eigenvalue weighted by atomic mass is 16.4. The van der Waals surface area contributed by atoms with Crippen LogP contribution in [0.5, 0.6) is 0 Å². The lowest BCUT2D eigenvalue weighted by atomic mass is 10.1. The number of nitrogens with one attached hydrogen (secondary N) is 2. The number of nitrogens with zero attached hydrogens (tertiary/aromatic N) is 2. The molecule has 2 aromatic rings. The van der Waals surface area contributed by atoms with E-state index < -0.39 is 5.97 Å². The third kappa shape index (κ3) is 6.05. The van der Waals surface area contributed by atoms with Crippen molar-refractivity contribution in [2.75, 3.05) is 42.9 Å². The van der Waals surface area contributed by atoms with Gasteiger partial charge in [-0.3, -0.25) is 14.5 Å². The monoisotopic (exact) mass is 424 g/mol. The van der Waals surface area contributed by atoms with Gasteiger partial charge in [-0.25, -0.2) is 4.79 Å². The van der Waals surface area contributed by atoms with Gasteiger partial charge in [-0.1, -0.05) is 18.2 Å². The summed E-state index contributed by atoms with van der Waals surface area (Å²) in [6.07, 6.45) is 0. The number of amides is 2. The molecule has 2 aromatic carbocycles. The molecule has 31 heavy (non-hydrogen) atoms. The van der Waals surface area contributed by atoms with Crippen LogP contribution in [0.25, 0.3) is 0 Å². The molecular weight excluding hydrogens is 396 g/mol. The Labute approximate surface area is 181 Å². The second kappa shape index (κ2) is 10.1. The molecule has 0 spiro atoms. The lowest BCUT2D eigenvalue weighted by molar-refractivity contribution is -0.122. The number of carbonyl (C=O) groups excluding carboxylic acids is 2. The van der Waals surface area contributed by atoms with Crippen LogP contribution < -0.4 is 15.5 Å². The Morgan fingerprint density at radius 3 is 2.26 bits per heavy atom. The van der Waals surface area contributed by atoms with Gasteiger partial charge in [0.15, 0.2) is 0 Å². The molecule has 1 heterocycles. The molecule has 1 fully saturated rings. The third-order valence-corrected chi connectivity index (χ3v) is 5.06. The standard InChI is InChI=1S/C23H28N4O4/c1-16(2)24-21(28)15-26-10-12-27(13-11-26)20-9-8-18(23(30)31)14-19(20)25-22(29)17-6-4-3-5-7-17/h3-9,14,16H,10-13,15H2,1-2H3,(H,24,28)(H,25,29)(H,30,31). The number of hydrogen-bond donors (Lipinski definition) is 3. The van der Waals surface area contributed by atoms with E-state index in [1.165, 1.54) is 12.1 Å². The molecule has 3 rings (SSSR count). The molecule has 2 amide bonds. The first-order valence-corrected chi connectivity index (χ1v) is 10.3. The molecule has 0 bridgehead atoms. The van der Waals surface area contributed by atoms with E-state index in [4.69, 9.17) is 0 Å². The lowest BCUT2D eigenvalue weighted by Crippen LogP contribution is -2.50. The Balaban J connectivity index is 1.73. The number of anilines is 2.